The highest BCUT2D eigenvalue weighted by molar-refractivity contribution is 5.24. The first kappa shape index (κ1) is 12.6. The summed E-state index contributed by atoms with van der Waals surface area (Å²) in [4.78, 5) is 0. The number of nitrogens with zero attached hydrogens (tertiary/aromatic N) is 2. The average molecular weight is 235 g/mol. The SMILES string of the molecule is CCNC1CCCCc2c1cnn2C(C)CC. The quantitative estimate of drug-likeness (QED) is 0.812. The van der Waals surface area contributed by atoms with E-state index in [4.69, 9.17) is 0 Å². The molecule has 0 aliphatic heterocycles. The lowest BCUT2D eigenvalue weighted by Gasteiger charge is -2.17. The predicted octanol–water partition coefficient (Wildman–Crippen LogP) is 3.23. The Morgan fingerprint density at radius 1 is 1.47 bits per heavy atom. The second-order valence-electron chi connectivity index (χ2n) is 5.10. The normalized spacial score (nSPS) is 21.9. The molecule has 2 rings (SSSR count). The summed E-state index contributed by atoms with van der Waals surface area (Å²) in [7, 11) is 0. The van der Waals surface area contributed by atoms with E-state index in [0.717, 1.165) is 13.0 Å². The third-order valence-electron chi connectivity index (χ3n) is 3.92. The van der Waals surface area contributed by atoms with Gasteiger partial charge in [0, 0.05) is 23.3 Å². The summed E-state index contributed by atoms with van der Waals surface area (Å²) in [6, 6.07) is 1.05. The number of hydrogen-bond acceptors (Lipinski definition) is 2. The van der Waals surface area contributed by atoms with Crippen LogP contribution < -0.4 is 5.32 Å². The first-order chi connectivity index (χ1) is 8.27. The molecule has 0 radical (unpaired) electrons. The minimum absolute atomic E-state index is 0.523. The van der Waals surface area contributed by atoms with Gasteiger partial charge in [0.05, 0.1) is 6.20 Å². The summed E-state index contributed by atoms with van der Waals surface area (Å²) >= 11 is 0. The molecule has 17 heavy (non-hydrogen) atoms. The molecule has 2 atom stereocenters. The maximum atomic E-state index is 4.62. The molecule has 3 heteroatoms. The Labute approximate surface area is 105 Å². The maximum Gasteiger partial charge on any atom is 0.0540 e. The van der Waals surface area contributed by atoms with Crippen LogP contribution in [0.4, 0.5) is 0 Å². The first-order valence-electron chi connectivity index (χ1n) is 7.07. The molecule has 0 saturated carbocycles. The lowest BCUT2D eigenvalue weighted by atomic mass is 10.1. The van der Waals surface area contributed by atoms with Crippen molar-refractivity contribution in [1.29, 1.82) is 0 Å². The highest BCUT2D eigenvalue weighted by atomic mass is 15.3. The first-order valence-corrected chi connectivity index (χ1v) is 7.07. The molecule has 1 aliphatic carbocycles. The highest BCUT2D eigenvalue weighted by Gasteiger charge is 2.23. The van der Waals surface area contributed by atoms with Gasteiger partial charge in [-0.05, 0) is 39.2 Å². The summed E-state index contributed by atoms with van der Waals surface area (Å²) in [5.41, 5.74) is 2.92. The molecule has 0 bridgehead atoms. The molecule has 3 nitrogen and oxygen atoms in total. The van der Waals surface area contributed by atoms with Gasteiger partial charge < -0.3 is 5.32 Å². The van der Waals surface area contributed by atoms with E-state index in [1.54, 1.807) is 0 Å². The van der Waals surface area contributed by atoms with Crippen LogP contribution in [0.25, 0.3) is 0 Å². The lowest BCUT2D eigenvalue weighted by Crippen LogP contribution is -2.21. The van der Waals surface area contributed by atoms with Crippen LogP contribution in [-0.4, -0.2) is 16.3 Å². The van der Waals surface area contributed by atoms with E-state index in [9.17, 15) is 0 Å². The minimum atomic E-state index is 0.523. The van der Waals surface area contributed by atoms with Gasteiger partial charge in [-0.15, -0.1) is 0 Å². The van der Waals surface area contributed by atoms with Gasteiger partial charge in [0.15, 0.2) is 0 Å². The highest BCUT2D eigenvalue weighted by Crippen LogP contribution is 2.30. The predicted molar refractivity (Wildman–Crippen MR) is 71.2 cm³/mol. The molecular formula is C14H25N3. The molecule has 1 aliphatic rings. The van der Waals surface area contributed by atoms with Crippen LogP contribution in [0.1, 0.15) is 69.8 Å². The summed E-state index contributed by atoms with van der Waals surface area (Å²) in [5, 5.41) is 8.22. The van der Waals surface area contributed by atoms with Crippen LogP contribution in [0, 0.1) is 0 Å². The molecule has 0 fully saturated rings. The van der Waals surface area contributed by atoms with Crippen molar-refractivity contribution in [3.05, 3.63) is 17.5 Å². The molecule has 0 saturated heterocycles. The Morgan fingerprint density at radius 3 is 3.00 bits per heavy atom. The second-order valence-corrected chi connectivity index (χ2v) is 5.10. The Balaban J connectivity index is 2.30. The third kappa shape index (κ3) is 2.54. The Bertz CT molecular complexity index is 356. The smallest absolute Gasteiger partial charge is 0.0540 e. The van der Waals surface area contributed by atoms with Gasteiger partial charge in [-0.2, -0.15) is 5.10 Å². The number of fused-ring (bicyclic) bond motifs is 1. The van der Waals surface area contributed by atoms with Crippen LogP contribution in [0.15, 0.2) is 6.20 Å². The van der Waals surface area contributed by atoms with Crippen molar-refractivity contribution in [3.63, 3.8) is 0 Å². The Hall–Kier alpha value is -0.830. The van der Waals surface area contributed by atoms with Gasteiger partial charge in [0.25, 0.3) is 0 Å². The van der Waals surface area contributed by atoms with E-state index in [2.05, 4.69) is 42.1 Å². The second kappa shape index (κ2) is 5.67. The molecule has 96 valence electrons. The molecule has 1 N–H and O–H groups in total. The van der Waals surface area contributed by atoms with E-state index < -0.39 is 0 Å². The van der Waals surface area contributed by atoms with Crippen molar-refractivity contribution < 1.29 is 0 Å². The standard InChI is InChI=1S/C14H25N3/c1-4-11(3)17-14-9-7-6-8-13(15-5-2)12(14)10-16-17/h10-11,13,15H,4-9H2,1-3H3. The Kier molecular flexibility index (Phi) is 4.21. The van der Waals surface area contributed by atoms with Crippen LogP contribution in [0.2, 0.25) is 0 Å². The summed E-state index contributed by atoms with van der Waals surface area (Å²) in [6.07, 6.45) is 8.33. The fourth-order valence-corrected chi connectivity index (χ4v) is 2.76. The molecular weight excluding hydrogens is 210 g/mol. The fourth-order valence-electron chi connectivity index (χ4n) is 2.76. The van der Waals surface area contributed by atoms with Crippen molar-refractivity contribution in [2.45, 2.75) is 65.0 Å². The number of hydrogen-bond donors (Lipinski definition) is 1. The molecule has 0 aromatic carbocycles. The average Bonchev–Trinajstić information content (AvgIpc) is 2.66. The van der Waals surface area contributed by atoms with Gasteiger partial charge in [0.2, 0.25) is 0 Å². The number of nitrogens with one attached hydrogen (secondary N) is 1. The zero-order chi connectivity index (χ0) is 12.3. The van der Waals surface area contributed by atoms with E-state index in [1.807, 2.05) is 0 Å². The van der Waals surface area contributed by atoms with Gasteiger partial charge in [-0.3, -0.25) is 4.68 Å². The minimum Gasteiger partial charge on any atom is -0.310 e. The molecule has 0 spiro atoms. The molecule has 1 heterocycles. The van der Waals surface area contributed by atoms with Crippen molar-refractivity contribution >= 4 is 0 Å². The van der Waals surface area contributed by atoms with Gasteiger partial charge in [-0.25, -0.2) is 0 Å². The lowest BCUT2D eigenvalue weighted by molar-refractivity contribution is 0.457. The summed E-state index contributed by atoms with van der Waals surface area (Å²) in [5.74, 6) is 0. The summed E-state index contributed by atoms with van der Waals surface area (Å²) < 4.78 is 2.25. The van der Waals surface area contributed by atoms with Crippen molar-refractivity contribution in [3.8, 4) is 0 Å². The van der Waals surface area contributed by atoms with Crippen LogP contribution in [0.3, 0.4) is 0 Å². The molecule has 2 unspecified atom stereocenters. The van der Waals surface area contributed by atoms with Crippen LogP contribution >= 0.6 is 0 Å². The zero-order valence-electron chi connectivity index (χ0n) is 11.4. The molecule has 0 amide bonds. The van der Waals surface area contributed by atoms with Crippen LogP contribution in [-0.2, 0) is 6.42 Å². The van der Waals surface area contributed by atoms with Crippen molar-refractivity contribution in [2.75, 3.05) is 6.54 Å². The maximum absolute atomic E-state index is 4.62. The third-order valence-corrected chi connectivity index (χ3v) is 3.92. The van der Waals surface area contributed by atoms with Crippen molar-refractivity contribution in [1.82, 2.24) is 15.1 Å². The zero-order valence-corrected chi connectivity index (χ0v) is 11.4. The molecule has 1 aromatic rings. The van der Waals surface area contributed by atoms with E-state index >= 15 is 0 Å². The monoisotopic (exact) mass is 235 g/mol. The summed E-state index contributed by atoms with van der Waals surface area (Å²) in [6.45, 7) is 7.72. The fraction of sp³-hybridized carbons (Fsp3) is 0.786. The van der Waals surface area contributed by atoms with E-state index in [0.29, 0.717) is 12.1 Å². The van der Waals surface area contributed by atoms with E-state index in [1.165, 1.54) is 36.9 Å². The van der Waals surface area contributed by atoms with E-state index in [-0.39, 0.29) is 0 Å². The topological polar surface area (TPSA) is 29.9 Å². The van der Waals surface area contributed by atoms with Crippen molar-refractivity contribution in [2.24, 2.45) is 0 Å². The van der Waals surface area contributed by atoms with Gasteiger partial charge in [-0.1, -0.05) is 20.3 Å². The van der Waals surface area contributed by atoms with Gasteiger partial charge in [0.1, 0.15) is 0 Å². The Morgan fingerprint density at radius 2 is 2.29 bits per heavy atom. The number of aromatic nitrogens is 2. The number of rotatable bonds is 4. The van der Waals surface area contributed by atoms with Crippen LogP contribution in [0.5, 0.6) is 0 Å². The molecule has 1 aromatic heterocycles. The van der Waals surface area contributed by atoms with Gasteiger partial charge >= 0.3 is 0 Å². The largest absolute Gasteiger partial charge is 0.310 e.